The van der Waals surface area contributed by atoms with E-state index >= 15 is 0 Å². The van der Waals surface area contributed by atoms with Gasteiger partial charge in [-0.25, -0.2) is 8.42 Å². The summed E-state index contributed by atoms with van der Waals surface area (Å²) >= 11 is 1.30. The Balaban J connectivity index is 2.25. The third-order valence-corrected chi connectivity index (χ3v) is 6.40. The first-order valence-electron chi connectivity index (χ1n) is 7.00. The van der Waals surface area contributed by atoms with E-state index in [1.54, 1.807) is 20.0 Å². The summed E-state index contributed by atoms with van der Waals surface area (Å²) in [4.78, 5) is 11.6. The molecule has 122 valence electrons. The molecule has 0 bridgehead atoms. The van der Waals surface area contributed by atoms with Gasteiger partial charge in [0.15, 0.2) is 15.0 Å². The Kier molecular flexibility index (Phi) is 5.28. The fourth-order valence-electron chi connectivity index (χ4n) is 2.40. The number of carbonyl (C=O) groups is 1. The lowest BCUT2D eigenvalue weighted by Gasteiger charge is -2.13. The molecule has 2 atom stereocenters. The minimum atomic E-state index is -2.98. The highest BCUT2D eigenvalue weighted by molar-refractivity contribution is 8.00. The van der Waals surface area contributed by atoms with Crippen LogP contribution < -0.4 is 5.32 Å². The molecular formula is C13H20N4O3S2. The van der Waals surface area contributed by atoms with Gasteiger partial charge in [-0.1, -0.05) is 17.8 Å². The Morgan fingerprint density at radius 3 is 2.86 bits per heavy atom. The third kappa shape index (κ3) is 3.70. The van der Waals surface area contributed by atoms with E-state index in [0.29, 0.717) is 23.9 Å². The summed E-state index contributed by atoms with van der Waals surface area (Å²) in [5, 5.41) is 11.2. The van der Waals surface area contributed by atoms with Crippen LogP contribution in [0.3, 0.4) is 0 Å². The summed E-state index contributed by atoms with van der Waals surface area (Å²) in [7, 11) is -1.40. The molecule has 0 spiro atoms. The number of aromatic nitrogens is 3. The smallest absolute Gasteiger partial charge is 0.233 e. The van der Waals surface area contributed by atoms with E-state index in [4.69, 9.17) is 0 Å². The van der Waals surface area contributed by atoms with Crippen molar-refractivity contribution in [3.63, 3.8) is 0 Å². The molecule has 2 heterocycles. The van der Waals surface area contributed by atoms with Gasteiger partial charge >= 0.3 is 0 Å². The SMILES string of the molecule is C=CCn1c(S[C@@H](C)C(=O)NC)nnc1[C@H]1CCS(=O)(=O)C1. The molecule has 1 aliphatic heterocycles. The molecule has 2 rings (SSSR count). The second-order valence-corrected chi connectivity index (χ2v) is 8.75. The van der Waals surface area contributed by atoms with Gasteiger partial charge in [0.2, 0.25) is 5.91 Å². The van der Waals surface area contributed by atoms with E-state index in [9.17, 15) is 13.2 Å². The molecule has 1 N–H and O–H groups in total. The number of amides is 1. The van der Waals surface area contributed by atoms with Crippen LogP contribution in [0.25, 0.3) is 0 Å². The van der Waals surface area contributed by atoms with Crippen LogP contribution >= 0.6 is 11.8 Å². The van der Waals surface area contributed by atoms with Crippen molar-refractivity contribution in [2.75, 3.05) is 18.6 Å². The molecule has 1 saturated heterocycles. The normalized spacial score (nSPS) is 21.5. The van der Waals surface area contributed by atoms with Crippen molar-refractivity contribution in [3.05, 3.63) is 18.5 Å². The zero-order valence-corrected chi connectivity index (χ0v) is 14.3. The molecule has 0 unspecified atom stereocenters. The fraction of sp³-hybridized carbons (Fsp3) is 0.615. The summed E-state index contributed by atoms with van der Waals surface area (Å²) in [6.07, 6.45) is 2.28. The first kappa shape index (κ1) is 17.0. The second-order valence-electron chi connectivity index (χ2n) is 5.21. The molecule has 9 heteroatoms. The molecule has 1 fully saturated rings. The van der Waals surface area contributed by atoms with Crippen molar-refractivity contribution in [2.45, 2.75) is 36.2 Å². The van der Waals surface area contributed by atoms with E-state index in [1.165, 1.54) is 11.8 Å². The van der Waals surface area contributed by atoms with Crippen LogP contribution in [-0.2, 0) is 21.2 Å². The number of allylic oxidation sites excluding steroid dienone is 1. The van der Waals surface area contributed by atoms with Gasteiger partial charge in [0.05, 0.1) is 16.8 Å². The van der Waals surface area contributed by atoms with Gasteiger partial charge in [0.1, 0.15) is 5.82 Å². The van der Waals surface area contributed by atoms with E-state index in [1.807, 2.05) is 4.57 Å². The highest BCUT2D eigenvalue weighted by atomic mass is 32.2. The molecule has 0 aromatic carbocycles. The maximum Gasteiger partial charge on any atom is 0.233 e. The topological polar surface area (TPSA) is 93.9 Å². The van der Waals surface area contributed by atoms with Crippen molar-refractivity contribution in [2.24, 2.45) is 0 Å². The van der Waals surface area contributed by atoms with Crippen molar-refractivity contribution >= 4 is 27.5 Å². The van der Waals surface area contributed by atoms with Crippen LogP contribution in [0.4, 0.5) is 0 Å². The molecule has 1 amide bonds. The van der Waals surface area contributed by atoms with Gasteiger partial charge in [0, 0.05) is 19.5 Å². The van der Waals surface area contributed by atoms with Crippen LogP contribution in [0.5, 0.6) is 0 Å². The minimum Gasteiger partial charge on any atom is -0.358 e. The van der Waals surface area contributed by atoms with Crippen molar-refractivity contribution < 1.29 is 13.2 Å². The zero-order valence-electron chi connectivity index (χ0n) is 12.7. The van der Waals surface area contributed by atoms with Crippen LogP contribution in [-0.4, -0.2) is 52.9 Å². The zero-order chi connectivity index (χ0) is 16.3. The minimum absolute atomic E-state index is 0.0943. The molecule has 1 aromatic rings. The molecule has 0 aliphatic carbocycles. The number of carbonyl (C=O) groups excluding carboxylic acids is 1. The van der Waals surface area contributed by atoms with Gasteiger partial charge < -0.3 is 9.88 Å². The highest BCUT2D eigenvalue weighted by Gasteiger charge is 2.33. The van der Waals surface area contributed by atoms with Crippen LogP contribution in [0.15, 0.2) is 17.8 Å². The monoisotopic (exact) mass is 344 g/mol. The molecule has 7 nitrogen and oxygen atoms in total. The molecule has 22 heavy (non-hydrogen) atoms. The number of nitrogens with one attached hydrogen (secondary N) is 1. The average molecular weight is 344 g/mol. The quantitative estimate of drug-likeness (QED) is 0.600. The molecule has 1 aromatic heterocycles. The van der Waals surface area contributed by atoms with Crippen molar-refractivity contribution in [1.29, 1.82) is 0 Å². The Bertz CT molecular complexity index is 669. The maximum absolute atomic E-state index is 11.7. The van der Waals surface area contributed by atoms with Crippen molar-refractivity contribution in [3.8, 4) is 0 Å². The summed E-state index contributed by atoms with van der Waals surface area (Å²) in [5.74, 6) is 0.728. The maximum atomic E-state index is 11.7. The summed E-state index contributed by atoms with van der Waals surface area (Å²) in [5.41, 5.74) is 0. The third-order valence-electron chi connectivity index (χ3n) is 3.55. The van der Waals surface area contributed by atoms with Gasteiger partial charge in [0.25, 0.3) is 0 Å². The number of sulfone groups is 1. The van der Waals surface area contributed by atoms with Gasteiger partial charge in [-0.15, -0.1) is 16.8 Å². The molecule has 1 aliphatic rings. The van der Waals surface area contributed by atoms with Crippen LogP contribution in [0.2, 0.25) is 0 Å². The first-order valence-corrected chi connectivity index (χ1v) is 9.70. The first-order chi connectivity index (χ1) is 10.4. The largest absolute Gasteiger partial charge is 0.358 e. The molecule has 0 saturated carbocycles. The summed E-state index contributed by atoms with van der Waals surface area (Å²) < 4.78 is 25.2. The summed E-state index contributed by atoms with van der Waals surface area (Å²) in [6, 6.07) is 0. The van der Waals surface area contributed by atoms with Crippen molar-refractivity contribution in [1.82, 2.24) is 20.1 Å². The van der Waals surface area contributed by atoms with Gasteiger partial charge in [-0.3, -0.25) is 4.79 Å². The Hall–Kier alpha value is -1.35. The highest BCUT2D eigenvalue weighted by Crippen LogP contribution is 2.31. The fourth-order valence-corrected chi connectivity index (χ4v) is 5.07. The van der Waals surface area contributed by atoms with Gasteiger partial charge in [-0.05, 0) is 13.3 Å². The lowest BCUT2D eigenvalue weighted by Crippen LogP contribution is -2.27. The Morgan fingerprint density at radius 2 is 2.32 bits per heavy atom. The Morgan fingerprint density at radius 1 is 1.59 bits per heavy atom. The van der Waals surface area contributed by atoms with E-state index < -0.39 is 9.84 Å². The lowest BCUT2D eigenvalue weighted by molar-refractivity contribution is -0.119. The molecule has 0 radical (unpaired) electrons. The van der Waals surface area contributed by atoms with Gasteiger partial charge in [-0.2, -0.15) is 0 Å². The van der Waals surface area contributed by atoms with E-state index in [0.717, 1.165) is 0 Å². The standard InChI is InChI=1S/C13H20N4O3S2/c1-4-6-17-11(10-5-7-22(19,20)8-10)15-16-13(17)21-9(2)12(18)14-3/h4,9-10H,1,5-8H2,2-3H3,(H,14,18)/t9-,10-/m0/s1. The number of nitrogens with zero attached hydrogens (tertiary/aromatic N) is 3. The summed E-state index contributed by atoms with van der Waals surface area (Å²) in [6.45, 7) is 6.00. The lowest BCUT2D eigenvalue weighted by atomic mass is 10.1. The predicted molar refractivity (Wildman–Crippen MR) is 85.6 cm³/mol. The number of hydrogen-bond donors (Lipinski definition) is 1. The second kappa shape index (κ2) is 6.82. The number of rotatable bonds is 6. The predicted octanol–water partition coefficient (Wildman–Crippen LogP) is 0.593. The number of thioether (sulfide) groups is 1. The Labute approximate surface area is 134 Å². The molecular weight excluding hydrogens is 324 g/mol. The van der Waals surface area contributed by atoms with E-state index in [2.05, 4.69) is 22.1 Å². The van der Waals surface area contributed by atoms with Crippen LogP contribution in [0, 0.1) is 0 Å². The number of hydrogen-bond acceptors (Lipinski definition) is 6. The average Bonchev–Trinajstić information content (AvgIpc) is 3.02. The van der Waals surface area contributed by atoms with Crippen LogP contribution in [0.1, 0.15) is 25.1 Å². The van der Waals surface area contributed by atoms with E-state index in [-0.39, 0.29) is 28.6 Å².